The number of hydrogen-bond donors (Lipinski definition) is 0. The molecule has 0 amide bonds. The fourth-order valence-electron chi connectivity index (χ4n) is 1.16. The minimum absolute atomic E-state index is 0.0764. The summed E-state index contributed by atoms with van der Waals surface area (Å²) in [5.74, 6) is 0.794. The fourth-order valence-corrected chi connectivity index (χ4v) is 2.68. The second-order valence-corrected chi connectivity index (χ2v) is 5.25. The summed E-state index contributed by atoms with van der Waals surface area (Å²) >= 11 is 4.79. The quantitative estimate of drug-likeness (QED) is 0.772. The fraction of sp³-hybridized carbons (Fsp3) is 0.500. The Morgan fingerprint density at radius 2 is 2.43 bits per heavy atom. The van der Waals surface area contributed by atoms with Crippen LogP contribution in [0.15, 0.2) is 15.9 Å². The van der Waals surface area contributed by atoms with Gasteiger partial charge < -0.3 is 4.74 Å². The number of thiophene rings is 1. The number of ketones is 1. The number of hydrogen-bond acceptors (Lipinski definition) is 3. The Kier molecular flexibility index (Phi) is 3.36. The summed E-state index contributed by atoms with van der Waals surface area (Å²) in [5, 5.41) is 1.90. The minimum Gasteiger partial charge on any atom is -0.373 e. The highest BCUT2D eigenvalue weighted by Crippen LogP contribution is 2.29. The van der Waals surface area contributed by atoms with E-state index in [2.05, 4.69) is 15.9 Å². The van der Waals surface area contributed by atoms with Gasteiger partial charge in [-0.25, -0.2) is 0 Å². The van der Waals surface area contributed by atoms with E-state index >= 15 is 0 Å². The molecule has 0 saturated heterocycles. The van der Waals surface area contributed by atoms with Crippen LogP contribution in [0.2, 0.25) is 0 Å². The van der Waals surface area contributed by atoms with Crippen LogP contribution < -0.4 is 0 Å². The first-order valence-corrected chi connectivity index (χ1v) is 6.28. The normalized spacial score (nSPS) is 15.8. The molecule has 1 aromatic heterocycles. The number of halogens is 1. The highest BCUT2D eigenvalue weighted by atomic mass is 79.9. The molecule has 0 aromatic carbocycles. The molecule has 4 heteroatoms. The molecule has 1 aromatic rings. The Balaban J connectivity index is 1.79. The molecule has 1 aliphatic carbocycles. The zero-order valence-electron chi connectivity index (χ0n) is 7.66. The monoisotopic (exact) mass is 274 g/mol. The summed E-state index contributed by atoms with van der Waals surface area (Å²) in [6.45, 7) is 0.963. The van der Waals surface area contributed by atoms with Crippen molar-refractivity contribution in [1.82, 2.24) is 0 Å². The van der Waals surface area contributed by atoms with Crippen LogP contribution in [-0.4, -0.2) is 19.0 Å². The van der Waals surface area contributed by atoms with E-state index < -0.39 is 0 Å². The van der Waals surface area contributed by atoms with Gasteiger partial charge in [-0.1, -0.05) is 0 Å². The Hall–Kier alpha value is -0.190. The molecule has 1 fully saturated rings. The molecule has 0 aliphatic heterocycles. The first-order chi connectivity index (χ1) is 6.77. The zero-order chi connectivity index (χ0) is 9.97. The van der Waals surface area contributed by atoms with E-state index in [0.717, 1.165) is 21.9 Å². The van der Waals surface area contributed by atoms with Crippen molar-refractivity contribution in [2.45, 2.75) is 12.8 Å². The third kappa shape index (κ3) is 2.65. The number of Topliss-reactive ketones (excluding diaryl/α,β-unsaturated/α-hetero) is 1. The molecule has 2 nitrogen and oxygen atoms in total. The molecule has 1 saturated carbocycles. The second kappa shape index (κ2) is 4.55. The van der Waals surface area contributed by atoms with Gasteiger partial charge in [0.15, 0.2) is 5.78 Å². The molecule has 2 rings (SSSR count). The summed E-state index contributed by atoms with van der Waals surface area (Å²) in [6.07, 6.45) is 2.52. The summed E-state index contributed by atoms with van der Waals surface area (Å²) in [7, 11) is 0. The average molecular weight is 275 g/mol. The molecule has 0 N–H and O–H groups in total. The maximum absolute atomic E-state index is 11.6. The summed E-state index contributed by atoms with van der Waals surface area (Å²) < 4.78 is 6.21. The molecule has 0 bridgehead atoms. The van der Waals surface area contributed by atoms with Gasteiger partial charge in [0.25, 0.3) is 0 Å². The smallest absolute Gasteiger partial charge is 0.199 e. The van der Waals surface area contributed by atoms with Gasteiger partial charge in [-0.05, 0) is 46.1 Å². The van der Waals surface area contributed by atoms with Crippen molar-refractivity contribution in [3.8, 4) is 0 Å². The van der Waals surface area contributed by atoms with Crippen LogP contribution in [0.5, 0.6) is 0 Å². The molecule has 76 valence electrons. The van der Waals surface area contributed by atoms with Crippen LogP contribution in [0.25, 0.3) is 0 Å². The minimum atomic E-state index is 0.0764. The Morgan fingerprint density at radius 1 is 1.64 bits per heavy atom. The first kappa shape index (κ1) is 10.3. The summed E-state index contributed by atoms with van der Waals surface area (Å²) in [4.78, 5) is 12.3. The molecule has 1 heterocycles. The SMILES string of the molecule is O=C(COCC1CC1)c1sccc1Br. The van der Waals surface area contributed by atoms with E-state index in [1.54, 1.807) is 0 Å². The number of rotatable bonds is 5. The van der Waals surface area contributed by atoms with Crippen LogP contribution in [0, 0.1) is 5.92 Å². The summed E-state index contributed by atoms with van der Waals surface area (Å²) in [5.41, 5.74) is 0. The van der Waals surface area contributed by atoms with Gasteiger partial charge in [0.2, 0.25) is 0 Å². The number of ether oxygens (including phenoxy) is 1. The molecular formula is C10H11BrO2S. The van der Waals surface area contributed by atoms with E-state index in [1.807, 2.05) is 11.4 Å². The molecule has 1 aliphatic rings. The van der Waals surface area contributed by atoms with Crippen molar-refractivity contribution in [2.75, 3.05) is 13.2 Å². The van der Waals surface area contributed by atoms with E-state index in [0.29, 0.717) is 0 Å². The predicted molar refractivity (Wildman–Crippen MR) is 59.9 cm³/mol. The van der Waals surface area contributed by atoms with E-state index in [1.165, 1.54) is 24.2 Å². The maximum Gasteiger partial charge on any atom is 0.199 e. The highest BCUT2D eigenvalue weighted by Gasteiger charge is 2.22. The van der Waals surface area contributed by atoms with Crippen molar-refractivity contribution >= 4 is 33.0 Å². The van der Waals surface area contributed by atoms with Crippen molar-refractivity contribution < 1.29 is 9.53 Å². The van der Waals surface area contributed by atoms with Crippen LogP contribution in [-0.2, 0) is 4.74 Å². The van der Waals surface area contributed by atoms with Crippen molar-refractivity contribution in [3.63, 3.8) is 0 Å². The third-order valence-electron chi connectivity index (χ3n) is 2.15. The average Bonchev–Trinajstić information content (AvgIpc) is 2.87. The second-order valence-electron chi connectivity index (χ2n) is 3.48. The molecule has 0 radical (unpaired) electrons. The number of carbonyl (C=O) groups is 1. The molecule has 14 heavy (non-hydrogen) atoms. The lowest BCUT2D eigenvalue weighted by Crippen LogP contribution is -2.09. The van der Waals surface area contributed by atoms with E-state index in [9.17, 15) is 4.79 Å². The van der Waals surface area contributed by atoms with Gasteiger partial charge in [0, 0.05) is 4.47 Å². The van der Waals surface area contributed by atoms with Gasteiger partial charge >= 0.3 is 0 Å². The third-order valence-corrected chi connectivity index (χ3v) is 4.03. The standard InChI is InChI=1S/C10H11BrO2S/c11-8-3-4-14-10(8)9(12)6-13-5-7-1-2-7/h3-4,7H,1-2,5-6H2. The molecular weight excluding hydrogens is 264 g/mol. The van der Waals surface area contributed by atoms with E-state index in [4.69, 9.17) is 4.74 Å². The molecule has 0 spiro atoms. The predicted octanol–water partition coefficient (Wildman–Crippen LogP) is 3.12. The van der Waals surface area contributed by atoms with Gasteiger partial charge in [0.1, 0.15) is 6.61 Å². The lowest BCUT2D eigenvalue weighted by molar-refractivity contribution is 0.0743. The van der Waals surface area contributed by atoms with Crippen LogP contribution >= 0.6 is 27.3 Å². The molecule has 0 unspecified atom stereocenters. The Bertz CT molecular complexity index is 331. The Morgan fingerprint density at radius 3 is 3.00 bits per heavy atom. The van der Waals surface area contributed by atoms with Gasteiger partial charge in [0.05, 0.1) is 11.5 Å². The zero-order valence-corrected chi connectivity index (χ0v) is 10.1. The largest absolute Gasteiger partial charge is 0.373 e. The van der Waals surface area contributed by atoms with Crippen molar-refractivity contribution in [3.05, 3.63) is 20.8 Å². The van der Waals surface area contributed by atoms with Crippen LogP contribution in [0.3, 0.4) is 0 Å². The van der Waals surface area contributed by atoms with Gasteiger partial charge in [-0.3, -0.25) is 4.79 Å². The first-order valence-electron chi connectivity index (χ1n) is 4.61. The van der Waals surface area contributed by atoms with E-state index in [-0.39, 0.29) is 12.4 Å². The topological polar surface area (TPSA) is 26.3 Å². The summed E-state index contributed by atoms with van der Waals surface area (Å²) in [6, 6.07) is 1.89. The van der Waals surface area contributed by atoms with Crippen LogP contribution in [0.1, 0.15) is 22.5 Å². The highest BCUT2D eigenvalue weighted by molar-refractivity contribution is 9.10. The maximum atomic E-state index is 11.6. The Labute approximate surface area is 95.4 Å². The van der Waals surface area contributed by atoms with Gasteiger partial charge in [-0.15, -0.1) is 11.3 Å². The lowest BCUT2D eigenvalue weighted by atomic mass is 10.3. The molecule has 0 atom stereocenters. The van der Waals surface area contributed by atoms with Crippen molar-refractivity contribution in [1.29, 1.82) is 0 Å². The van der Waals surface area contributed by atoms with Crippen molar-refractivity contribution in [2.24, 2.45) is 5.92 Å². The van der Waals surface area contributed by atoms with Gasteiger partial charge in [-0.2, -0.15) is 0 Å². The van der Waals surface area contributed by atoms with Crippen LogP contribution in [0.4, 0.5) is 0 Å². The number of carbonyl (C=O) groups excluding carboxylic acids is 1. The lowest BCUT2D eigenvalue weighted by Gasteiger charge is -2.00.